The zero-order valence-electron chi connectivity index (χ0n) is 8.46. The minimum Gasteiger partial charge on any atom is -0.466 e. The van der Waals surface area contributed by atoms with Crippen LogP contribution in [0.3, 0.4) is 0 Å². The summed E-state index contributed by atoms with van der Waals surface area (Å²) in [5.74, 6) is 0.567. The molecule has 0 radical (unpaired) electrons. The fourth-order valence-electron chi connectivity index (χ4n) is 1.45. The number of nitrogens with zero attached hydrogens (tertiary/aromatic N) is 4. The highest BCUT2D eigenvalue weighted by Gasteiger charge is 2.14. The number of carbonyl (C=O) groups is 1. The molecule has 0 aromatic carbocycles. The van der Waals surface area contributed by atoms with Gasteiger partial charge >= 0.3 is 5.97 Å². The van der Waals surface area contributed by atoms with Crippen LogP contribution in [0.4, 0.5) is 0 Å². The molecule has 0 bridgehead atoms. The third kappa shape index (κ3) is 2.15. The Labute approximate surface area is 87.2 Å². The van der Waals surface area contributed by atoms with Gasteiger partial charge in [0, 0.05) is 25.4 Å². The van der Waals surface area contributed by atoms with Crippen molar-refractivity contribution in [1.82, 2.24) is 19.7 Å². The second-order valence-corrected chi connectivity index (χ2v) is 3.25. The van der Waals surface area contributed by atoms with E-state index in [-0.39, 0.29) is 5.97 Å². The lowest BCUT2D eigenvalue weighted by Gasteiger charge is -2.25. The first-order chi connectivity index (χ1) is 7.29. The van der Waals surface area contributed by atoms with Crippen molar-refractivity contribution in [3.8, 4) is 0 Å². The van der Waals surface area contributed by atoms with Crippen molar-refractivity contribution >= 4 is 5.97 Å². The van der Waals surface area contributed by atoms with Gasteiger partial charge in [0.2, 0.25) is 0 Å². The molecule has 1 aliphatic rings. The Hall–Kier alpha value is -1.85. The second-order valence-electron chi connectivity index (χ2n) is 3.25. The molecule has 6 heteroatoms. The summed E-state index contributed by atoms with van der Waals surface area (Å²) in [6.45, 7) is 2.36. The summed E-state index contributed by atoms with van der Waals surface area (Å²) < 4.78 is 6.51. The van der Waals surface area contributed by atoms with Gasteiger partial charge in [-0.2, -0.15) is 0 Å². The van der Waals surface area contributed by atoms with Crippen LogP contribution in [0.15, 0.2) is 18.6 Å². The summed E-state index contributed by atoms with van der Waals surface area (Å²) in [5.41, 5.74) is 0. The van der Waals surface area contributed by atoms with Crippen molar-refractivity contribution in [3.63, 3.8) is 0 Å². The second kappa shape index (κ2) is 4.12. The number of ether oxygens (including phenoxy) is 1. The molecule has 15 heavy (non-hydrogen) atoms. The number of aromatic nitrogens is 3. The van der Waals surface area contributed by atoms with Gasteiger partial charge in [-0.05, 0) is 0 Å². The van der Waals surface area contributed by atoms with Crippen LogP contribution >= 0.6 is 0 Å². The van der Waals surface area contributed by atoms with E-state index in [9.17, 15) is 4.79 Å². The van der Waals surface area contributed by atoms with E-state index in [0.717, 1.165) is 18.9 Å². The summed E-state index contributed by atoms with van der Waals surface area (Å²) in [6, 6.07) is 0. The van der Waals surface area contributed by atoms with E-state index >= 15 is 0 Å². The van der Waals surface area contributed by atoms with Gasteiger partial charge in [0.15, 0.2) is 5.82 Å². The Bertz CT molecular complexity index is 385. The number of fused-ring (bicyclic) bond motifs is 1. The molecule has 0 fully saturated rings. The van der Waals surface area contributed by atoms with Crippen LogP contribution in [0.25, 0.3) is 0 Å². The summed E-state index contributed by atoms with van der Waals surface area (Å²) in [4.78, 5) is 12.9. The maximum absolute atomic E-state index is 10.9. The molecule has 80 valence electrons. The predicted molar refractivity (Wildman–Crippen MR) is 51.6 cm³/mol. The normalized spacial score (nSPS) is 15.4. The summed E-state index contributed by atoms with van der Waals surface area (Å²) in [6.07, 6.45) is 4.85. The number of hydrogen-bond acceptors (Lipinski definition) is 5. The van der Waals surface area contributed by atoms with Crippen molar-refractivity contribution in [2.24, 2.45) is 0 Å². The molecule has 0 saturated heterocycles. The van der Waals surface area contributed by atoms with Gasteiger partial charge in [0.05, 0.1) is 13.7 Å². The minimum atomic E-state index is -0.345. The van der Waals surface area contributed by atoms with Gasteiger partial charge < -0.3 is 14.2 Å². The van der Waals surface area contributed by atoms with Gasteiger partial charge in [-0.1, -0.05) is 0 Å². The van der Waals surface area contributed by atoms with E-state index in [2.05, 4.69) is 14.9 Å². The van der Waals surface area contributed by atoms with Crippen LogP contribution in [-0.4, -0.2) is 39.3 Å². The molecule has 2 rings (SSSR count). The molecule has 0 spiro atoms. The van der Waals surface area contributed by atoms with Gasteiger partial charge in [-0.25, -0.2) is 4.79 Å². The van der Waals surface area contributed by atoms with Crippen molar-refractivity contribution in [2.45, 2.75) is 13.1 Å². The smallest absolute Gasteiger partial charge is 0.331 e. The summed E-state index contributed by atoms with van der Waals surface area (Å²) in [5, 5.41) is 7.80. The van der Waals surface area contributed by atoms with Crippen molar-refractivity contribution in [1.29, 1.82) is 0 Å². The van der Waals surface area contributed by atoms with Crippen LogP contribution < -0.4 is 0 Å². The van der Waals surface area contributed by atoms with E-state index in [1.807, 2.05) is 9.47 Å². The molecule has 1 aromatic rings. The van der Waals surface area contributed by atoms with E-state index in [0.29, 0.717) is 6.54 Å². The summed E-state index contributed by atoms with van der Waals surface area (Å²) in [7, 11) is 1.36. The number of esters is 1. The van der Waals surface area contributed by atoms with E-state index in [4.69, 9.17) is 0 Å². The molecule has 6 nitrogen and oxygen atoms in total. The fraction of sp³-hybridized carbons (Fsp3) is 0.444. The van der Waals surface area contributed by atoms with Gasteiger partial charge in [-0.3, -0.25) is 0 Å². The van der Waals surface area contributed by atoms with Crippen LogP contribution in [0.1, 0.15) is 5.82 Å². The largest absolute Gasteiger partial charge is 0.466 e. The number of methoxy groups -OCH3 is 1. The Morgan fingerprint density at radius 1 is 1.60 bits per heavy atom. The lowest BCUT2D eigenvalue weighted by atomic mass is 10.3. The maximum atomic E-state index is 10.9. The van der Waals surface area contributed by atoms with Crippen molar-refractivity contribution in [3.05, 3.63) is 24.4 Å². The molecular formula is C9H12N4O2. The highest BCUT2D eigenvalue weighted by atomic mass is 16.5. The first kappa shape index (κ1) is 9.70. The highest BCUT2D eigenvalue weighted by molar-refractivity contribution is 5.81. The Balaban J connectivity index is 1.98. The quantitative estimate of drug-likeness (QED) is 0.496. The average molecular weight is 208 g/mol. The monoisotopic (exact) mass is 208 g/mol. The van der Waals surface area contributed by atoms with Crippen LogP contribution in [0, 0.1) is 0 Å². The number of carbonyl (C=O) groups excluding carboxylic acids is 1. The molecule has 0 unspecified atom stereocenters. The lowest BCUT2D eigenvalue weighted by Crippen LogP contribution is -2.29. The fourth-order valence-corrected chi connectivity index (χ4v) is 1.45. The molecule has 0 aliphatic carbocycles. The topological polar surface area (TPSA) is 60.2 Å². The van der Waals surface area contributed by atoms with Crippen molar-refractivity contribution in [2.75, 3.05) is 13.7 Å². The number of rotatable bonds is 2. The molecular weight excluding hydrogens is 196 g/mol. The molecule has 0 N–H and O–H groups in total. The SMILES string of the molecule is COC(=O)/C=C/N1CCn2cnnc2C1. The number of hydrogen-bond donors (Lipinski definition) is 0. The molecule has 2 heterocycles. The van der Waals surface area contributed by atoms with E-state index in [1.165, 1.54) is 13.2 Å². The molecule has 0 atom stereocenters. The van der Waals surface area contributed by atoms with E-state index < -0.39 is 0 Å². The standard InChI is InChI=1S/C9H12N4O2/c1-15-9(14)2-3-12-4-5-13-7-10-11-8(13)6-12/h2-3,7H,4-6H2,1H3/b3-2+. The lowest BCUT2D eigenvalue weighted by molar-refractivity contribution is -0.134. The maximum Gasteiger partial charge on any atom is 0.331 e. The minimum absolute atomic E-state index is 0.345. The molecule has 0 saturated carbocycles. The predicted octanol–water partition coefficient (Wildman–Crippen LogP) is -0.220. The Morgan fingerprint density at radius 2 is 2.47 bits per heavy atom. The third-order valence-electron chi connectivity index (χ3n) is 2.29. The summed E-state index contributed by atoms with van der Waals surface area (Å²) >= 11 is 0. The van der Waals surface area contributed by atoms with Gasteiger partial charge in [0.1, 0.15) is 6.33 Å². The van der Waals surface area contributed by atoms with Crippen LogP contribution in [-0.2, 0) is 22.6 Å². The Morgan fingerprint density at radius 3 is 3.27 bits per heavy atom. The Kier molecular flexibility index (Phi) is 2.66. The molecule has 0 amide bonds. The van der Waals surface area contributed by atoms with Crippen LogP contribution in [0.5, 0.6) is 0 Å². The van der Waals surface area contributed by atoms with Crippen molar-refractivity contribution < 1.29 is 9.53 Å². The van der Waals surface area contributed by atoms with Crippen LogP contribution in [0.2, 0.25) is 0 Å². The first-order valence-electron chi connectivity index (χ1n) is 4.66. The third-order valence-corrected chi connectivity index (χ3v) is 2.29. The van der Waals surface area contributed by atoms with Gasteiger partial charge in [0.25, 0.3) is 0 Å². The van der Waals surface area contributed by atoms with Gasteiger partial charge in [-0.15, -0.1) is 10.2 Å². The zero-order chi connectivity index (χ0) is 10.7. The molecule has 1 aliphatic heterocycles. The first-order valence-corrected chi connectivity index (χ1v) is 4.66. The highest BCUT2D eigenvalue weighted by Crippen LogP contribution is 2.08. The molecule has 1 aromatic heterocycles. The van der Waals surface area contributed by atoms with E-state index in [1.54, 1.807) is 12.5 Å². The zero-order valence-corrected chi connectivity index (χ0v) is 8.46. The average Bonchev–Trinajstić information content (AvgIpc) is 2.72.